The average molecular weight is 347 g/mol. The Morgan fingerprint density at radius 1 is 0.880 bits per heavy atom. The van der Waals surface area contributed by atoms with Gasteiger partial charge in [-0.15, -0.1) is 11.3 Å². The molecule has 1 aliphatic heterocycles. The summed E-state index contributed by atoms with van der Waals surface area (Å²) in [6.45, 7) is 2.24. The van der Waals surface area contributed by atoms with Crippen LogP contribution in [0, 0.1) is 0 Å². The lowest BCUT2D eigenvalue weighted by Gasteiger charge is -2.16. The van der Waals surface area contributed by atoms with Crippen LogP contribution in [0.25, 0.3) is 21.8 Å². The summed E-state index contributed by atoms with van der Waals surface area (Å²) in [4.78, 5) is 11.8. The number of aromatic nitrogens is 2. The summed E-state index contributed by atoms with van der Waals surface area (Å²) in [7, 11) is 0. The molecule has 3 aromatic rings. The number of fused-ring (bicyclic) bond motifs is 1. The minimum absolute atomic E-state index is 1.08. The highest BCUT2D eigenvalue weighted by Crippen LogP contribution is 2.33. The van der Waals surface area contributed by atoms with Crippen LogP contribution >= 0.6 is 11.3 Å². The van der Waals surface area contributed by atoms with Gasteiger partial charge < -0.3 is 4.90 Å². The maximum absolute atomic E-state index is 4.92. The second-order valence-electron chi connectivity index (χ2n) is 6.97. The molecule has 1 saturated heterocycles. The van der Waals surface area contributed by atoms with Crippen molar-refractivity contribution >= 4 is 17.2 Å². The van der Waals surface area contributed by atoms with Gasteiger partial charge in [-0.3, -0.25) is 0 Å². The molecule has 0 bridgehead atoms. The van der Waals surface area contributed by atoms with Crippen molar-refractivity contribution in [2.75, 3.05) is 18.0 Å². The normalized spacial score (nSPS) is 16.4. The Kier molecular flexibility index (Phi) is 3.78. The fourth-order valence-electron chi connectivity index (χ4n) is 3.94. The van der Waals surface area contributed by atoms with Gasteiger partial charge in [0.05, 0.1) is 5.69 Å². The van der Waals surface area contributed by atoms with Gasteiger partial charge >= 0.3 is 0 Å². The third-order valence-electron chi connectivity index (χ3n) is 5.32. The van der Waals surface area contributed by atoms with E-state index >= 15 is 0 Å². The van der Waals surface area contributed by atoms with Crippen molar-refractivity contribution in [3.63, 3.8) is 0 Å². The van der Waals surface area contributed by atoms with E-state index in [0.29, 0.717) is 0 Å². The summed E-state index contributed by atoms with van der Waals surface area (Å²) in [6.07, 6.45) is 8.19. The predicted molar refractivity (Wildman–Crippen MR) is 104 cm³/mol. The predicted octanol–water partition coefficient (Wildman–Crippen LogP) is 4.96. The summed E-state index contributed by atoms with van der Waals surface area (Å²) in [6, 6.07) is 11.1. The number of hydrogen-bond donors (Lipinski definition) is 0. The number of hydrogen-bond acceptors (Lipinski definition) is 4. The molecule has 0 spiro atoms. The molecule has 1 aromatic carbocycles. The lowest BCUT2D eigenvalue weighted by atomic mass is 10.1. The maximum Gasteiger partial charge on any atom is 0.129 e. The van der Waals surface area contributed by atoms with Crippen LogP contribution in [0.15, 0.2) is 41.9 Å². The van der Waals surface area contributed by atoms with E-state index in [1.165, 1.54) is 54.4 Å². The van der Waals surface area contributed by atoms with Gasteiger partial charge in [0.2, 0.25) is 0 Å². The molecular formula is C21H21N3S. The van der Waals surface area contributed by atoms with E-state index in [1.807, 2.05) is 6.20 Å². The van der Waals surface area contributed by atoms with Crippen molar-refractivity contribution in [3.8, 4) is 21.8 Å². The van der Waals surface area contributed by atoms with Gasteiger partial charge in [0.15, 0.2) is 0 Å². The zero-order valence-corrected chi connectivity index (χ0v) is 15.1. The van der Waals surface area contributed by atoms with E-state index in [2.05, 4.69) is 45.6 Å². The molecule has 2 aromatic heterocycles. The smallest absolute Gasteiger partial charge is 0.129 e. The second-order valence-corrected chi connectivity index (χ2v) is 7.83. The molecule has 126 valence electrons. The Hall–Kier alpha value is -2.20. The van der Waals surface area contributed by atoms with E-state index in [1.54, 1.807) is 11.3 Å². The van der Waals surface area contributed by atoms with Gasteiger partial charge in [0, 0.05) is 35.8 Å². The van der Waals surface area contributed by atoms with Crippen LogP contribution in [-0.4, -0.2) is 23.1 Å². The van der Waals surface area contributed by atoms with Crippen LogP contribution in [0.5, 0.6) is 0 Å². The summed E-state index contributed by atoms with van der Waals surface area (Å²) < 4.78 is 0. The van der Waals surface area contributed by atoms with Gasteiger partial charge in [-0.2, -0.15) is 0 Å². The Labute approximate surface area is 152 Å². The molecule has 1 aliphatic carbocycles. The van der Waals surface area contributed by atoms with Crippen LogP contribution in [-0.2, 0) is 12.8 Å². The summed E-state index contributed by atoms with van der Waals surface area (Å²) in [5.74, 6) is 1.09. The molecule has 3 nitrogen and oxygen atoms in total. The molecule has 0 unspecified atom stereocenters. The number of anilines is 1. The van der Waals surface area contributed by atoms with Crippen molar-refractivity contribution in [2.45, 2.75) is 32.1 Å². The number of nitrogens with zero attached hydrogens (tertiary/aromatic N) is 3. The van der Waals surface area contributed by atoms with E-state index in [-0.39, 0.29) is 0 Å². The molecule has 0 N–H and O–H groups in total. The summed E-state index contributed by atoms with van der Waals surface area (Å²) in [5.41, 5.74) is 6.54. The third kappa shape index (κ3) is 2.85. The monoisotopic (exact) mass is 347 g/mol. The second kappa shape index (κ2) is 6.26. The van der Waals surface area contributed by atoms with Crippen molar-refractivity contribution in [1.82, 2.24) is 9.97 Å². The summed E-state index contributed by atoms with van der Waals surface area (Å²) >= 11 is 1.72. The first-order valence-corrected chi connectivity index (χ1v) is 10.0. The minimum atomic E-state index is 1.08. The average Bonchev–Trinajstić information content (AvgIpc) is 3.42. The fraction of sp³-hybridized carbons (Fsp3) is 0.333. The van der Waals surface area contributed by atoms with Crippen LogP contribution in [0.4, 0.5) is 5.82 Å². The lowest BCUT2D eigenvalue weighted by Crippen LogP contribution is -2.18. The van der Waals surface area contributed by atoms with Gasteiger partial charge in [-0.25, -0.2) is 9.97 Å². The summed E-state index contributed by atoms with van der Waals surface area (Å²) in [5, 5.41) is 3.26. The van der Waals surface area contributed by atoms with Gasteiger partial charge in [-0.1, -0.05) is 12.1 Å². The van der Waals surface area contributed by atoms with Crippen LogP contribution in [0.1, 0.15) is 30.4 Å². The van der Waals surface area contributed by atoms with Gasteiger partial charge in [0.1, 0.15) is 10.8 Å². The number of pyridine rings is 1. The Morgan fingerprint density at radius 3 is 2.68 bits per heavy atom. The first kappa shape index (κ1) is 15.1. The highest BCUT2D eigenvalue weighted by molar-refractivity contribution is 7.13. The van der Waals surface area contributed by atoms with E-state index in [9.17, 15) is 0 Å². The zero-order chi connectivity index (χ0) is 16.6. The van der Waals surface area contributed by atoms with E-state index in [0.717, 1.165) is 29.6 Å². The fourth-order valence-corrected chi connectivity index (χ4v) is 4.77. The van der Waals surface area contributed by atoms with Gasteiger partial charge in [0.25, 0.3) is 0 Å². The highest BCUT2D eigenvalue weighted by atomic mass is 32.1. The molecule has 25 heavy (non-hydrogen) atoms. The highest BCUT2D eigenvalue weighted by Gasteiger charge is 2.16. The topological polar surface area (TPSA) is 29.0 Å². The number of aryl methyl sites for hydroxylation is 2. The van der Waals surface area contributed by atoms with Crippen molar-refractivity contribution in [3.05, 3.63) is 53.0 Å². The van der Waals surface area contributed by atoms with Crippen LogP contribution < -0.4 is 4.90 Å². The molecule has 3 heterocycles. The molecule has 0 radical (unpaired) electrons. The minimum Gasteiger partial charge on any atom is -0.357 e. The molecule has 5 rings (SSSR count). The molecular weight excluding hydrogens is 326 g/mol. The van der Waals surface area contributed by atoms with Crippen molar-refractivity contribution in [2.24, 2.45) is 0 Å². The first-order valence-electron chi connectivity index (χ1n) is 9.16. The Morgan fingerprint density at radius 2 is 1.76 bits per heavy atom. The number of benzene rings is 1. The van der Waals surface area contributed by atoms with Crippen molar-refractivity contribution in [1.29, 1.82) is 0 Å². The molecule has 0 saturated carbocycles. The third-order valence-corrected chi connectivity index (χ3v) is 6.21. The van der Waals surface area contributed by atoms with E-state index in [4.69, 9.17) is 4.98 Å². The SMILES string of the molecule is c1cc(-c2nc(-c3ccc4c(c3)CCC4)cs2)cc(N2CCCC2)n1. The Bertz CT molecular complexity index is 909. The first-order chi connectivity index (χ1) is 12.4. The zero-order valence-electron chi connectivity index (χ0n) is 14.2. The number of rotatable bonds is 3. The van der Waals surface area contributed by atoms with Gasteiger partial charge in [-0.05, 0) is 61.4 Å². The van der Waals surface area contributed by atoms with E-state index < -0.39 is 0 Å². The maximum atomic E-state index is 4.92. The molecule has 2 aliphatic rings. The molecule has 1 fully saturated rings. The standard InChI is InChI=1S/C21H21N3S/c1-2-11-24(10-1)20-13-18(8-9-22-20)21-23-19(14-25-21)17-7-6-15-4-3-5-16(15)12-17/h6-9,12-14H,1-5,10-11H2. The molecule has 4 heteroatoms. The molecule has 0 atom stereocenters. The van der Waals surface area contributed by atoms with Crippen molar-refractivity contribution < 1.29 is 0 Å². The largest absolute Gasteiger partial charge is 0.357 e. The lowest BCUT2D eigenvalue weighted by molar-refractivity contribution is 0.912. The Balaban J connectivity index is 1.45. The van der Waals surface area contributed by atoms with Crippen LogP contribution in [0.2, 0.25) is 0 Å². The van der Waals surface area contributed by atoms with Crippen LogP contribution in [0.3, 0.4) is 0 Å². The molecule has 0 amide bonds. The quantitative estimate of drug-likeness (QED) is 0.670. The number of thiazole rings is 1.